The van der Waals surface area contributed by atoms with E-state index in [0.29, 0.717) is 12.8 Å². The zero-order valence-corrected chi connectivity index (χ0v) is 10.7. The van der Waals surface area contributed by atoms with Gasteiger partial charge in [0.05, 0.1) is 0 Å². The maximum atomic E-state index is 12.1. The molecule has 0 radical (unpaired) electrons. The van der Waals surface area contributed by atoms with Gasteiger partial charge in [-0.1, -0.05) is 6.92 Å². The number of terminal acetylenes is 1. The highest BCUT2D eigenvalue weighted by molar-refractivity contribution is 7.89. The molecule has 18 heavy (non-hydrogen) atoms. The highest BCUT2D eigenvalue weighted by Gasteiger charge is 2.22. The molecular formula is C12H13N3O2S. The molecule has 0 aromatic carbocycles. The molecule has 0 aliphatic carbocycles. The number of nitrogens with one attached hydrogen (secondary N) is 1. The van der Waals surface area contributed by atoms with Crippen molar-refractivity contribution >= 4 is 10.0 Å². The van der Waals surface area contributed by atoms with E-state index in [9.17, 15) is 8.42 Å². The fourth-order valence-electron chi connectivity index (χ4n) is 1.39. The third-order valence-corrected chi connectivity index (χ3v) is 3.90. The van der Waals surface area contributed by atoms with Gasteiger partial charge in [-0.2, -0.15) is 5.26 Å². The first kappa shape index (κ1) is 14.2. The Morgan fingerprint density at radius 2 is 2.33 bits per heavy atom. The summed E-state index contributed by atoms with van der Waals surface area (Å²) in [5.41, 5.74) is -0.124. The van der Waals surface area contributed by atoms with Gasteiger partial charge in [-0.25, -0.2) is 18.1 Å². The Bertz CT molecular complexity index is 596. The molecule has 1 aromatic rings. The average molecular weight is 263 g/mol. The molecule has 1 atom stereocenters. The van der Waals surface area contributed by atoms with Crippen LogP contribution in [0.4, 0.5) is 0 Å². The Kier molecular flexibility index (Phi) is 4.85. The maximum Gasteiger partial charge on any atom is 0.243 e. The molecule has 5 nitrogen and oxygen atoms in total. The van der Waals surface area contributed by atoms with Crippen LogP contribution in [0.25, 0.3) is 0 Å². The highest BCUT2D eigenvalue weighted by Crippen LogP contribution is 2.13. The quantitative estimate of drug-likeness (QED) is 0.804. The van der Waals surface area contributed by atoms with E-state index in [1.165, 1.54) is 18.3 Å². The second-order valence-electron chi connectivity index (χ2n) is 3.60. The van der Waals surface area contributed by atoms with Crippen molar-refractivity contribution in [3.05, 3.63) is 24.0 Å². The number of sulfonamides is 1. The molecule has 0 bridgehead atoms. The van der Waals surface area contributed by atoms with Crippen molar-refractivity contribution in [2.45, 2.75) is 30.7 Å². The summed E-state index contributed by atoms with van der Waals surface area (Å²) in [6.45, 7) is 1.83. The molecule has 1 heterocycles. The summed E-state index contributed by atoms with van der Waals surface area (Å²) < 4.78 is 26.6. The molecule has 1 unspecified atom stereocenters. The fraction of sp³-hybridized carbons (Fsp3) is 0.333. The highest BCUT2D eigenvalue weighted by atomic mass is 32.2. The Hall–Kier alpha value is -1.89. The minimum atomic E-state index is -3.77. The van der Waals surface area contributed by atoms with E-state index in [1.807, 2.05) is 6.92 Å². The smallest absolute Gasteiger partial charge is 0.243 e. The van der Waals surface area contributed by atoms with E-state index in [-0.39, 0.29) is 16.6 Å². The topological polar surface area (TPSA) is 82.8 Å². The van der Waals surface area contributed by atoms with E-state index < -0.39 is 10.0 Å². The fourth-order valence-corrected chi connectivity index (χ4v) is 2.81. The van der Waals surface area contributed by atoms with Crippen LogP contribution in [0, 0.1) is 23.7 Å². The Labute approximate surface area is 107 Å². The van der Waals surface area contributed by atoms with E-state index in [4.69, 9.17) is 11.7 Å². The van der Waals surface area contributed by atoms with Gasteiger partial charge < -0.3 is 0 Å². The maximum absolute atomic E-state index is 12.1. The normalized spacial score (nSPS) is 12.4. The number of hydrogen-bond acceptors (Lipinski definition) is 4. The lowest BCUT2D eigenvalue weighted by Crippen LogP contribution is -2.34. The SMILES string of the molecule is C#CCC(CC)NS(=O)(=O)c1cccnc1C#N. The number of hydrogen-bond donors (Lipinski definition) is 1. The second kappa shape index (κ2) is 6.15. The zero-order valence-electron chi connectivity index (χ0n) is 9.92. The minimum absolute atomic E-state index is 0.122. The van der Waals surface area contributed by atoms with Gasteiger partial charge >= 0.3 is 0 Å². The Balaban J connectivity index is 3.08. The largest absolute Gasteiger partial charge is 0.244 e. The van der Waals surface area contributed by atoms with E-state index >= 15 is 0 Å². The first-order valence-corrected chi connectivity index (χ1v) is 6.84. The summed E-state index contributed by atoms with van der Waals surface area (Å²) in [7, 11) is -3.77. The molecular weight excluding hydrogens is 250 g/mol. The summed E-state index contributed by atoms with van der Waals surface area (Å²) in [6.07, 6.45) is 7.42. The first-order chi connectivity index (χ1) is 8.55. The lowest BCUT2D eigenvalue weighted by Gasteiger charge is -2.14. The number of nitrogens with zero attached hydrogens (tertiary/aromatic N) is 2. The Morgan fingerprint density at radius 1 is 1.61 bits per heavy atom. The van der Waals surface area contributed by atoms with Crippen LogP contribution in [-0.4, -0.2) is 19.4 Å². The zero-order chi connectivity index (χ0) is 13.6. The molecule has 0 saturated carbocycles. The van der Waals surface area contributed by atoms with Gasteiger partial charge in [-0.15, -0.1) is 12.3 Å². The molecule has 0 aliphatic heterocycles. The van der Waals surface area contributed by atoms with Crippen molar-refractivity contribution in [3.63, 3.8) is 0 Å². The summed E-state index contributed by atoms with van der Waals surface area (Å²) >= 11 is 0. The van der Waals surface area contributed by atoms with Crippen molar-refractivity contribution in [3.8, 4) is 18.4 Å². The predicted molar refractivity (Wildman–Crippen MR) is 66.8 cm³/mol. The van der Waals surface area contributed by atoms with Crippen LogP contribution in [-0.2, 0) is 10.0 Å². The van der Waals surface area contributed by atoms with Crippen LogP contribution >= 0.6 is 0 Å². The first-order valence-electron chi connectivity index (χ1n) is 5.36. The third kappa shape index (κ3) is 3.30. The lowest BCUT2D eigenvalue weighted by molar-refractivity contribution is 0.543. The van der Waals surface area contributed by atoms with Gasteiger partial charge in [0.2, 0.25) is 10.0 Å². The lowest BCUT2D eigenvalue weighted by atomic mass is 10.2. The van der Waals surface area contributed by atoms with Crippen molar-refractivity contribution in [1.29, 1.82) is 5.26 Å². The minimum Gasteiger partial charge on any atom is -0.244 e. The molecule has 0 fully saturated rings. The Morgan fingerprint density at radius 3 is 2.89 bits per heavy atom. The van der Waals surface area contributed by atoms with Crippen LogP contribution < -0.4 is 4.72 Å². The van der Waals surface area contributed by atoms with Gasteiger partial charge in [-0.3, -0.25) is 0 Å². The summed E-state index contributed by atoms with van der Waals surface area (Å²) in [4.78, 5) is 3.60. The molecule has 94 valence electrons. The van der Waals surface area contributed by atoms with Gasteiger partial charge in [-0.05, 0) is 18.6 Å². The molecule has 0 saturated heterocycles. The number of pyridine rings is 1. The standard InChI is InChI=1S/C12H13N3O2S/c1-3-6-10(4-2)15-18(16,17)12-7-5-8-14-11(12)9-13/h1,5,7-8,10,15H,4,6H2,2H3. The number of rotatable bonds is 5. The van der Waals surface area contributed by atoms with Crippen LogP contribution in [0.2, 0.25) is 0 Å². The van der Waals surface area contributed by atoms with Gasteiger partial charge in [0.25, 0.3) is 0 Å². The molecule has 1 aromatic heterocycles. The molecule has 1 rings (SSSR count). The molecule has 0 amide bonds. The van der Waals surface area contributed by atoms with Crippen molar-refractivity contribution < 1.29 is 8.42 Å². The van der Waals surface area contributed by atoms with Crippen LogP contribution in [0.1, 0.15) is 25.5 Å². The molecule has 0 spiro atoms. The van der Waals surface area contributed by atoms with E-state index in [1.54, 1.807) is 6.07 Å². The van der Waals surface area contributed by atoms with Gasteiger partial charge in [0.15, 0.2) is 5.69 Å². The summed E-state index contributed by atoms with van der Waals surface area (Å²) in [6, 6.07) is 4.23. The van der Waals surface area contributed by atoms with E-state index in [2.05, 4.69) is 15.6 Å². The summed E-state index contributed by atoms with van der Waals surface area (Å²) in [5, 5.41) is 8.84. The third-order valence-electron chi connectivity index (χ3n) is 2.34. The summed E-state index contributed by atoms with van der Waals surface area (Å²) in [5.74, 6) is 2.41. The second-order valence-corrected chi connectivity index (χ2v) is 5.28. The molecule has 1 N–H and O–H groups in total. The molecule has 0 aliphatic rings. The number of aromatic nitrogens is 1. The van der Waals surface area contributed by atoms with Crippen molar-refractivity contribution in [1.82, 2.24) is 9.71 Å². The van der Waals surface area contributed by atoms with Gasteiger partial charge in [0, 0.05) is 18.7 Å². The van der Waals surface area contributed by atoms with E-state index in [0.717, 1.165) is 0 Å². The van der Waals surface area contributed by atoms with Crippen LogP contribution in [0.3, 0.4) is 0 Å². The molecule has 6 heteroatoms. The predicted octanol–water partition coefficient (Wildman–Crippen LogP) is 1.03. The monoisotopic (exact) mass is 263 g/mol. The van der Waals surface area contributed by atoms with Crippen LogP contribution in [0.5, 0.6) is 0 Å². The van der Waals surface area contributed by atoms with Crippen LogP contribution in [0.15, 0.2) is 23.2 Å². The van der Waals surface area contributed by atoms with Gasteiger partial charge in [0.1, 0.15) is 11.0 Å². The van der Waals surface area contributed by atoms with Crippen molar-refractivity contribution in [2.24, 2.45) is 0 Å². The van der Waals surface area contributed by atoms with Crippen molar-refractivity contribution in [2.75, 3.05) is 0 Å². The average Bonchev–Trinajstić information content (AvgIpc) is 2.38. The number of nitriles is 1.